The largest absolute Gasteiger partial charge is 0.351 e. The van der Waals surface area contributed by atoms with Gasteiger partial charge in [-0.15, -0.1) is 0 Å². The van der Waals surface area contributed by atoms with Crippen LogP contribution in [0.4, 0.5) is 10.5 Å². The number of nitrogens with zero attached hydrogens (tertiary/aromatic N) is 1. The number of nitrogens with two attached hydrogens (primary N) is 1. The molecule has 1 fully saturated rings. The molecule has 1 aromatic rings. The molecule has 0 aliphatic heterocycles. The molecule has 1 aliphatic carbocycles. The Morgan fingerprint density at radius 1 is 1.21 bits per heavy atom. The van der Waals surface area contributed by atoms with Crippen molar-refractivity contribution in [1.82, 2.24) is 5.32 Å². The standard InChI is InChI=1S/C20H33N3O/c1-15(2)23(20(21)24)19-12-8-7-11-18(19)14-22-16(3)13-17-9-5-4-6-10-17/h7-8,11-12,15-17,22H,4-6,9-10,13-14H2,1-3H3,(H2,21,24)/t16-/m0/s1. The molecule has 1 atom stereocenters. The van der Waals surface area contributed by atoms with Crippen LogP contribution in [0.5, 0.6) is 0 Å². The Hall–Kier alpha value is -1.55. The molecule has 2 amide bonds. The molecular formula is C20H33N3O. The Labute approximate surface area is 146 Å². The number of para-hydroxylation sites is 1. The first-order valence-corrected chi connectivity index (χ1v) is 9.39. The Morgan fingerprint density at radius 3 is 2.50 bits per heavy atom. The summed E-state index contributed by atoms with van der Waals surface area (Å²) in [5.74, 6) is 0.870. The second-order valence-electron chi connectivity index (χ2n) is 7.45. The number of carbonyl (C=O) groups excluding carboxylic acids is 1. The highest BCUT2D eigenvalue weighted by Gasteiger charge is 2.20. The van der Waals surface area contributed by atoms with E-state index in [1.165, 1.54) is 38.5 Å². The Bertz CT molecular complexity index is 523. The van der Waals surface area contributed by atoms with Crippen LogP contribution in [0.15, 0.2) is 24.3 Å². The summed E-state index contributed by atoms with van der Waals surface area (Å²) in [6, 6.07) is 8.17. The number of rotatable bonds is 7. The van der Waals surface area contributed by atoms with Crippen molar-refractivity contribution in [1.29, 1.82) is 0 Å². The molecule has 0 radical (unpaired) electrons. The van der Waals surface area contributed by atoms with Crippen LogP contribution < -0.4 is 16.0 Å². The van der Waals surface area contributed by atoms with Crippen LogP contribution in [0, 0.1) is 5.92 Å². The minimum Gasteiger partial charge on any atom is -0.351 e. The van der Waals surface area contributed by atoms with E-state index in [1.807, 2.05) is 32.0 Å². The van der Waals surface area contributed by atoms with Crippen molar-refractivity contribution >= 4 is 11.7 Å². The van der Waals surface area contributed by atoms with Gasteiger partial charge in [-0.05, 0) is 44.7 Å². The van der Waals surface area contributed by atoms with Gasteiger partial charge in [0.25, 0.3) is 0 Å². The molecule has 4 heteroatoms. The van der Waals surface area contributed by atoms with Crippen molar-refractivity contribution in [2.24, 2.45) is 11.7 Å². The SMILES string of the molecule is CC(C)N(C(N)=O)c1ccccc1CN[C@@H](C)CC1CCCCC1. The molecule has 24 heavy (non-hydrogen) atoms. The van der Waals surface area contributed by atoms with E-state index in [4.69, 9.17) is 5.73 Å². The van der Waals surface area contributed by atoms with Gasteiger partial charge in [0, 0.05) is 18.6 Å². The maximum absolute atomic E-state index is 11.8. The molecule has 1 saturated carbocycles. The molecule has 0 bridgehead atoms. The van der Waals surface area contributed by atoms with Gasteiger partial charge >= 0.3 is 6.03 Å². The number of urea groups is 1. The van der Waals surface area contributed by atoms with E-state index in [-0.39, 0.29) is 6.04 Å². The first-order valence-electron chi connectivity index (χ1n) is 9.39. The van der Waals surface area contributed by atoms with E-state index >= 15 is 0 Å². The smallest absolute Gasteiger partial charge is 0.319 e. The van der Waals surface area contributed by atoms with Gasteiger partial charge in [-0.2, -0.15) is 0 Å². The third kappa shape index (κ3) is 5.23. The van der Waals surface area contributed by atoms with E-state index in [9.17, 15) is 4.79 Å². The normalized spacial score (nSPS) is 17.0. The molecule has 0 saturated heterocycles. The van der Waals surface area contributed by atoms with Crippen LogP contribution in [0.3, 0.4) is 0 Å². The number of primary amides is 1. The summed E-state index contributed by atoms with van der Waals surface area (Å²) in [5, 5.41) is 3.64. The number of anilines is 1. The van der Waals surface area contributed by atoms with Crippen LogP contribution in [0.25, 0.3) is 0 Å². The Kier molecular flexibility index (Phi) is 7.10. The number of benzene rings is 1. The maximum atomic E-state index is 11.8. The van der Waals surface area contributed by atoms with Crippen molar-refractivity contribution in [3.8, 4) is 0 Å². The summed E-state index contributed by atoms with van der Waals surface area (Å²) in [4.78, 5) is 13.5. The van der Waals surface area contributed by atoms with Crippen LogP contribution in [-0.4, -0.2) is 18.1 Å². The molecule has 3 N–H and O–H groups in total. The fraction of sp³-hybridized carbons (Fsp3) is 0.650. The van der Waals surface area contributed by atoms with Crippen LogP contribution in [-0.2, 0) is 6.54 Å². The van der Waals surface area contributed by atoms with E-state index in [2.05, 4.69) is 18.3 Å². The van der Waals surface area contributed by atoms with Crippen molar-refractivity contribution in [2.45, 2.75) is 77.9 Å². The van der Waals surface area contributed by atoms with E-state index in [0.29, 0.717) is 6.04 Å². The average molecular weight is 332 g/mol. The molecular weight excluding hydrogens is 298 g/mol. The quantitative estimate of drug-likeness (QED) is 0.776. The minimum absolute atomic E-state index is 0.0447. The summed E-state index contributed by atoms with van der Waals surface area (Å²) >= 11 is 0. The summed E-state index contributed by atoms with van der Waals surface area (Å²) in [5.41, 5.74) is 7.62. The molecule has 1 aliphatic rings. The number of amides is 2. The van der Waals surface area contributed by atoms with Crippen molar-refractivity contribution in [2.75, 3.05) is 4.90 Å². The van der Waals surface area contributed by atoms with Gasteiger partial charge in [-0.3, -0.25) is 4.90 Å². The van der Waals surface area contributed by atoms with Crippen LogP contribution >= 0.6 is 0 Å². The molecule has 0 aromatic heterocycles. The predicted molar refractivity (Wildman–Crippen MR) is 101 cm³/mol. The lowest BCUT2D eigenvalue weighted by molar-refractivity contribution is 0.252. The van der Waals surface area contributed by atoms with Gasteiger partial charge in [0.15, 0.2) is 0 Å². The molecule has 4 nitrogen and oxygen atoms in total. The Morgan fingerprint density at radius 2 is 1.88 bits per heavy atom. The van der Waals surface area contributed by atoms with Crippen molar-refractivity contribution in [3.05, 3.63) is 29.8 Å². The van der Waals surface area contributed by atoms with Crippen LogP contribution in [0.2, 0.25) is 0 Å². The number of carbonyl (C=O) groups is 1. The highest BCUT2D eigenvalue weighted by molar-refractivity contribution is 5.92. The molecule has 0 unspecified atom stereocenters. The molecule has 134 valence electrons. The first-order chi connectivity index (χ1) is 11.5. The third-order valence-corrected chi connectivity index (χ3v) is 5.06. The van der Waals surface area contributed by atoms with Gasteiger partial charge in [-0.1, -0.05) is 50.3 Å². The highest BCUT2D eigenvalue weighted by Crippen LogP contribution is 2.28. The zero-order chi connectivity index (χ0) is 17.5. The predicted octanol–water partition coefficient (Wildman–Crippen LogP) is 4.43. The zero-order valence-corrected chi connectivity index (χ0v) is 15.4. The highest BCUT2D eigenvalue weighted by atomic mass is 16.2. The zero-order valence-electron chi connectivity index (χ0n) is 15.4. The Balaban J connectivity index is 1.98. The molecule has 1 aromatic carbocycles. The third-order valence-electron chi connectivity index (χ3n) is 5.06. The van der Waals surface area contributed by atoms with E-state index < -0.39 is 6.03 Å². The topological polar surface area (TPSA) is 58.4 Å². The lowest BCUT2D eigenvalue weighted by atomic mass is 9.85. The lowest BCUT2D eigenvalue weighted by Gasteiger charge is -2.28. The first kappa shape index (κ1) is 18.8. The molecule has 0 spiro atoms. The summed E-state index contributed by atoms with van der Waals surface area (Å²) < 4.78 is 0. The summed E-state index contributed by atoms with van der Waals surface area (Å²) in [7, 11) is 0. The minimum atomic E-state index is -0.396. The summed E-state index contributed by atoms with van der Waals surface area (Å²) in [6.07, 6.45) is 8.19. The van der Waals surface area contributed by atoms with Gasteiger partial charge in [0.1, 0.15) is 0 Å². The number of nitrogens with one attached hydrogen (secondary N) is 1. The maximum Gasteiger partial charge on any atom is 0.319 e. The van der Waals surface area contributed by atoms with Gasteiger partial charge in [0.2, 0.25) is 0 Å². The average Bonchev–Trinajstić information content (AvgIpc) is 2.54. The second-order valence-corrected chi connectivity index (χ2v) is 7.45. The molecule has 0 heterocycles. The fourth-order valence-corrected chi connectivity index (χ4v) is 3.84. The van der Waals surface area contributed by atoms with Gasteiger partial charge < -0.3 is 11.1 Å². The van der Waals surface area contributed by atoms with Crippen molar-refractivity contribution in [3.63, 3.8) is 0 Å². The number of hydrogen-bond donors (Lipinski definition) is 2. The fourth-order valence-electron chi connectivity index (χ4n) is 3.84. The summed E-state index contributed by atoms with van der Waals surface area (Å²) in [6.45, 7) is 7.01. The van der Waals surface area contributed by atoms with Crippen LogP contribution in [0.1, 0.15) is 64.9 Å². The lowest BCUT2D eigenvalue weighted by Crippen LogP contribution is -2.41. The van der Waals surface area contributed by atoms with Gasteiger partial charge in [-0.25, -0.2) is 4.79 Å². The van der Waals surface area contributed by atoms with Crippen molar-refractivity contribution < 1.29 is 4.79 Å². The monoisotopic (exact) mass is 331 g/mol. The van der Waals surface area contributed by atoms with E-state index in [1.54, 1.807) is 4.90 Å². The van der Waals surface area contributed by atoms with Gasteiger partial charge in [0.05, 0.1) is 5.69 Å². The second kappa shape index (κ2) is 9.07. The molecule has 2 rings (SSSR count). The van der Waals surface area contributed by atoms with E-state index in [0.717, 1.165) is 23.7 Å². The number of hydrogen-bond acceptors (Lipinski definition) is 2.